The summed E-state index contributed by atoms with van der Waals surface area (Å²) in [4.78, 5) is 22.9. The lowest BCUT2D eigenvalue weighted by Crippen LogP contribution is -2.29. The Bertz CT molecular complexity index is 1500. The molecule has 0 spiro atoms. The van der Waals surface area contributed by atoms with Crippen LogP contribution in [0.2, 0.25) is 0 Å². The summed E-state index contributed by atoms with van der Waals surface area (Å²) in [6.07, 6.45) is 1.67. The molecule has 0 saturated heterocycles. The number of carbonyl (C=O) groups excluding carboxylic acids is 1. The molecule has 37 heavy (non-hydrogen) atoms. The lowest BCUT2D eigenvalue weighted by atomic mass is 9.86. The van der Waals surface area contributed by atoms with Gasteiger partial charge >= 0.3 is 5.97 Å². The van der Waals surface area contributed by atoms with Crippen LogP contribution < -0.4 is 4.74 Å². The van der Waals surface area contributed by atoms with E-state index in [-0.39, 0.29) is 13.2 Å². The summed E-state index contributed by atoms with van der Waals surface area (Å²) in [7, 11) is 0. The van der Waals surface area contributed by atoms with E-state index >= 15 is 0 Å². The average molecular weight is 501 g/mol. The third-order valence-corrected chi connectivity index (χ3v) is 6.53. The summed E-state index contributed by atoms with van der Waals surface area (Å²) < 4.78 is 17.9. The summed E-state index contributed by atoms with van der Waals surface area (Å²) in [5.41, 5.74) is 5.90. The minimum atomic E-state index is -0.959. The molecule has 2 aromatic carbocycles. The number of pyridine rings is 2. The van der Waals surface area contributed by atoms with Crippen molar-refractivity contribution in [3.05, 3.63) is 65.0 Å². The highest BCUT2D eigenvalue weighted by atomic mass is 16.6. The molecule has 0 radical (unpaired) electrons. The van der Waals surface area contributed by atoms with E-state index in [1.54, 1.807) is 13.0 Å². The SMILES string of the molecule is CCOC(=O)C(OC(C)(C)C)c1c(C)cc2nc(CO)ccc2c1-c1ccc2c3c(ccnc13)CCO2. The minimum Gasteiger partial charge on any atom is -0.493 e. The molecule has 3 heterocycles. The molecule has 0 fully saturated rings. The van der Waals surface area contributed by atoms with E-state index in [4.69, 9.17) is 19.2 Å². The van der Waals surface area contributed by atoms with E-state index in [0.29, 0.717) is 12.3 Å². The number of carbonyl (C=O) groups is 1. The molecule has 0 aliphatic carbocycles. The van der Waals surface area contributed by atoms with E-state index in [2.05, 4.69) is 4.98 Å². The number of hydrogen-bond acceptors (Lipinski definition) is 7. The first-order valence-corrected chi connectivity index (χ1v) is 12.6. The Morgan fingerprint density at radius 1 is 1.19 bits per heavy atom. The number of esters is 1. The topological polar surface area (TPSA) is 90.8 Å². The van der Waals surface area contributed by atoms with Crippen molar-refractivity contribution in [2.75, 3.05) is 13.2 Å². The summed E-state index contributed by atoms with van der Waals surface area (Å²) >= 11 is 0. The molecule has 0 bridgehead atoms. The Hall–Kier alpha value is -3.55. The van der Waals surface area contributed by atoms with E-state index in [9.17, 15) is 9.90 Å². The summed E-state index contributed by atoms with van der Waals surface area (Å²) in [5.74, 6) is 0.361. The van der Waals surface area contributed by atoms with Crippen molar-refractivity contribution in [2.24, 2.45) is 0 Å². The lowest BCUT2D eigenvalue weighted by molar-refractivity contribution is -0.166. The summed E-state index contributed by atoms with van der Waals surface area (Å²) in [5, 5.41) is 11.5. The molecule has 7 heteroatoms. The molecule has 0 amide bonds. The van der Waals surface area contributed by atoms with Crippen LogP contribution >= 0.6 is 0 Å². The molecule has 1 atom stereocenters. The van der Waals surface area contributed by atoms with Gasteiger partial charge in [-0.25, -0.2) is 4.79 Å². The van der Waals surface area contributed by atoms with Crippen LogP contribution in [0.25, 0.3) is 32.9 Å². The molecule has 1 N–H and O–H groups in total. The Balaban J connectivity index is 1.89. The van der Waals surface area contributed by atoms with Gasteiger partial charge in [0.25, 0.3) is 0 Å². The zero-order valence-corrected chi connectivity index (χ0v) is 21.9. The first-order chi connectivity index (χ1) is 17.7. The van der Waals surface area contributed by atoms with Crippen LogP contribution in [0.3, 0.4) is 0 Å². The van der Waals surface area contributed by atoms with Crippen LogP contribution in [0.4, 0.5) is 0 Å². The number of aliphatic hydroxyl groups is 1. The quantitative estimate of drug-likeness (QED) is 0.344. The second-order valence-electron chi connectivity index (χ2n) is 10.3. The van der Waals surface area contributed by atoms with Gasteiger partial charge in [0.1, 0.15) is 5.75 Å². The van der Waals surface area contributed by atoms with Gasteiger partial charge in [-0.1, -0.05) is 6.07 Å². The van der Waals surface area contributed by atoms with Crippen molar-refractivity contribution in [2.45, 2.75) is 59.4 Å². The number of aryl methyl sites for hydroxylation is 1. The molecule has 7 nitrogen and oxygen atoms in total. The third-order valence-electron chi connectivity index (χ3n) is 6.53. The van der Waals surface area contributed by atoms with Gasteiger partial charge in [0.05, 0.1) is 42.1 Å². The predicted molar refractivity (Wildman–Crippen MR) is 143 cm³/mol. The molecule has 192 valence electrons. The number of ether oxygens (including phenoxy) is 3. The van der Waals surface area contributed by atoms with E-state index in [1.165, 1.54) is 5.56 Å². The van der Waals surface area contributed by atoms with Gasteiger partial charge in [0, 0.05) is 34.5 Å². The molecular weight excluding hydrogens is 468 g/mol. The number of fused-ring (bicyclic) bond motifs is 1. The number of aliphatic hydroxyl groups excluding tert-OH is 1. The van der Waals surface area contributed by atoms with Gasteiger partial charge < -0.3 is 19.3 Å². The van der Waals surface area contributed by atoms with Crippen molar-refractivity contribution >= 4 is 27.8 Å². The van der Waals surface area contributed by atoms with Crippen molar-refractivity contribution in [1.82, 2.24) is 9.97 Å². The summed E-state index contributed by atoms with van der Waals surface area (Å²) in [6, 6.07) is 11.7. The molecule has 4 aromatic rings. The second-order valence-corrected chi connectivity index (χ2v) is 10.3. The number of hydrogen-bond donors (Lipinski definition) is 1. The molecule has 5 rings (SSSR count). The Morgan fingerprint density at radius 3 is 2.73 bits per heavy atom. The third kappa shape index (κ3) is 4.65. The standard InChI is InChI=1S/C30H32N2O5/c1-6-35-29(34)28(37-30(3,4)5)24-17(2)15-22-20(8-7-19(16-33)32-22)26(24)21-9-10-23-25-18(12-14-36-23)11-13-31-27(21)25/h7-11,13,15,28,33H,6,12,14,16H2,1-5H3. The Labute approximate surface area is 216 Å². The monoisotopic (exact) mass is 500 g/mol. The smallest absolute Gasteiger partial charge is 0.339 e. The van der Waals surface area contributed by atoms with Crippen LogP contribution in [0.1, 0.15) is 56.2 Å². The molecule has 1 aliphatic rings. The van der Waals surface area contributed by atoms with Gasteiger partial charge in [0.2, 0.25) is 0 Å². The molecule has 1 unspecified atom stereocenters. The fourth-order valence-electron chi connectivity index (χ4n) is 5.08. The van der Waals surface area contributed by atoms with Gasteiger partial charge in [-0.15, -0.1) is 0 Å². The van der Waals surface area contributed by atoms with Gasteiger partial charge in [-0.3, -0.25) is 9.97 Å². The average Bonchev–Trinajstić information content (AvgIpc) is 2.87. The van der Waals surface area contributed by atoms with Crippen molar-refractivity contribution in [3.8, 4) is 16.9 Å². The predicted octanol–water partition coefficient (Wildman–Crippen LogP) is 5.60. The second kappa shape index (κ2) is 9.72. The first-order valence-electron chi connectivity index (χ1n) is 12.6. The summed E-state index contributed by atoms with van der Waals surface area (Å²) in [6.45, 7) is 10.2. The van der Waals surface area contributed by atoms with Crippen LogP contribution in [-0.2, 0) is 27.3 Å². The zero-order chi connectivity index (χ0) is 26.3. The number of nitrogens with zero attached hydrogens (tertiary/aromatic N) is 2. The lowest BCUT2D eigenvalue weighted by Gasteiger charge is -2.30. The van der Waals surface area contributed by atoms with Crippen LogP contribution in [0.15, 0.2) is 42.6 Å². The zero-order valence-electron chi connectivity index (χ0n) is 21.9. The van der Waals surface area contributed by atoms with Crippen LogP contribution in [0, 0.1) is 6.92 Å². The number of rotatable bonds is 6. The maximum Gasteiger partial charge on any atom is 0.339 e. The van der Waals surface area contributed by atoms with Gasteiger partial charge in [-0.2, -0.15) is 0 Å². The molecule has 0 saturated carbocycles. The Morgan fingerprint density at radius 2 is 2.00 bits per heavy atom. The molecular formula is C30H32N2O5. The van der Waals surface area contributed by atoms with Crippen molar-refractivity contribution in [3.63, 3.8) is 0 Å². The van der Waals surface area contributed by atoms with E-state index < -0.39 is 17.7 Å². The van der Waals surface area contributed by atoms with Gasteiger partial charge in [-0.05, 0) is 81.6 Å². The number of aromatic nitrogens is 2. The van der Waals surface area contributed by atoms with E-state index in [0.717, 1.165) is 56.2 Å². The van der Waals surface area contributed by atoms with Crippen LogP contribution in [-0.4, -0.2) is 39.9 Å². The largest absolute Gasteiger partial charge is 0.493 e. The van der Waals surface area contributed by atoms with Crippen LogP contribution in [0.5, 0.6) is 5.75 Å². The number of benzene rings is 2. The van der Waals surface area contributed by atoms with Crippen molar-refractivity contribution in [1.29, 1.82) is 0 Å². The maximum absolute atomic E-state index is 13.4. The fraction of sp³-hybridized carbons (Fsp3) is 0.367. The highest BCUT2D eigenvalue weighted by Crippen LogP contribution is 2.45. The first kappa shape index (κ1) is 25.1. The normalized spacial score (nSPS) is 14.0. The van der Waals surface area contributed by atoms with Crippen molar-refractivity contribution < 1.29 is 24.1 Å². The van der Waals surface area contributed by atoms with E-state index in [1.807, 2.05) is 64.2 Å². The Kier molecular flexibility index (Phi) is 6.60. The maximum atomic E-state index is 13.4. The highest BCUT2D eigenvalue weighted by Gasteiger charge is 2.34. The highest BCUT2D eigenvalue weighted by molar-refractivity contribution is 6.08. The molecule has 2 aromatic heterocycles. The van der Waals surface area contributed by atoms with Gasteiger partial charge in [0.15, 0.2) is 6.10 Å². The fourth-order valence-corrected chi connectivity index (χ4v) is 5.08. The molecule has 1 aliphatic heterocycles. The minimum absolute atomic E-state index is 0.162.